The van der Waals surface area contributed by atoms with E-state index in [9.17, 15) is 9.59 Å². The normalized spacial score (nSPS) is 11.1. The van der Waals surface area contributed by atoms with Gasteiger partial charge in [0.25, 0.3) is 11.8 Å². The summed E-state index contributed by atoms with van der Waals surface area (Å²) in [5, 5.41) is 2.88. The molecule has 2 aromatic heterocycles. The Hall–Kier alpha value is -2.41. The number of carbonyl (C=O) groups is 2. The third-order valence-corrected chi connectivity index (χ3v) is 4.07. The van der Waals surface area contributed by atoms with Crippen LogP contribution in [-0.2, 0) is 0 Å². The second-order valence-electron chi connectivity index (χ2n) is 6.13. The first-order valence-corrected chi connectivity index (χ1v) is 8.68. The number of pyridine rings is 1. The minimum absolute atomic E-state index is 0.152. The molecule has 2 aromatic rings. The van der Waals surface area contributed by atoms with Crippen molar-refractivity contribution in [2.24, 2.45) is 0 Å². The van der Waals surface area contributed by atoms with Crippen LogP contribution in [0.1, 0.15) is 41.4 Å². The molecule has 0 saturated carbocycles. The van der Waals surface area contributed by atoms with Gasteiger partial charge in [-0.1, -0.05) is 6.07 Å². The van der Waals surface area contributed by atoms with E-state index in [2.05, 4.69) is 15.2 Å². The molecule has 2 amide bonds. The summed E-state index contributed by atoms with van der Waals surface area (Å²) in [6.07, 6.45) is 2.61. The Balaban J connectivity index is 2.26. The lowest BCUT2D eigenvalue weighted by Gasteiger charge is -2.17. The van der Waals surface area contributed by atoms with E-state index in [0.29, 0.717) is 30.8 Å². The maximum Gasteiger partial charge on any atom is 0.287 e. The average Bonchev–Trinajstić information content (AvgIpc) is 2.99. The molecule has 0 radical (unpaired) electrons. The van der Waals surface area contributed by atoms with Gasteiger partial charge in [-0.15, -0.1) is 0 Å². The number of hydrogen-bond acceptors (Lipinski definition) is 4. The first-order valence-electron chi connectivity index (χ1n) is 8.68. The summed E-state index contributed by atoms with van der Waals surface area (Å²) in [5.74, 6) is -0.171. The highest BCUT2D eigenvalue weighted by Gasteiger charge is 2.23. The molecule has 0 saturated heterocycles. The molecule has 0 fully saturated rings. The second-order valence-corrected chi connectivity index (χ2v) is 6.13. The molecule has 2 rings (SSSR count). The SMILES string of the molecule is CCN(CC)C(=O)c1nc(C(=O)NCCCN(C)C)n2ccccc12. The van der Waals surface area contributed by atoms with Gasteiger partial charge < -0.3 is 15.1 Å². The van der Waals surface area contributed by atoms with Crippen LogP contribution in [0.3, 0.4) is 0 Å². The lowest BCUT2D eigenvalue weighted by atomic mass is 10.3. The minimum Gasteiger partial charge on any atom is -0.349 e. The lowest BCUT2D eigenvalue weighted by molar-refractivity contribution is 0.0769. The number of rotatable bonds is 8. The van der Waals surface area contributed by atoms with Crippen LogP contribution in [0.4, 0.5) is 0 Å². The van der Waals surface area contributed by atoms with Crippen molar-refractivity contribution in [2.75, 3.05) is 40.3 Å². The molecular formula is C18H27N5O2. The fraction of sp³-hybridized carbons (Fsp3) is 0.500. The van der Waals surface area contributed by atoms with E-state index in [1.807, 2.05) is 46.1 Å². The summed E-state index contributed by atoms with van der Waals surface area (Å²) in [6, 6.07) is 5.48. The molecule has 0 aliphatic heterocycles. The number of fused-ring (bicyclic) bond motifs is 1. The highest BCUT2D eigenvalue weighted by Crippen LogP contribution is 2.15. The van der Waals surface area contributed by atoms with Gasteiger partial charge in [-0.25, -0.2) is 4.98 Å². The Labute approximate surface area is 148 Å². The van der Waals surface area contributed by atoms with E-state index in [1.165, 1.54) is 0 Å². The maximum atomic E-state index is 12.7. The van der Waals surface area contributed by atoms with Crippen molar-refractivity contribution < 1.29 is 9.59 Å². The minimum atomic E-state index is -0.265. The van der Waals surface area contributed by atoms with E-state index in [0.717, 1.165) is 13.0 Å². The molecule has 7 heteroatoms. The monoisotopic (exact) mass is 345 g/mol. The topological polar surface area (TPSA) is 70.0 Å². The molecule has 1 N–H and O–H groups in total. The van der Waals surface area contributed by atoms with Gasteiger partial charge in [0.2, 0.25) is 5.82 Å². The Kier molecular flexibility index (Phi) is 6.52. The van der Waals surface area contributed by atoms with Crippen molar-refractivity contribution in [1.82, 2.24) is 24.5 Å². The zero-order chi connectivity index (χ0) is 18.4. The van der Waals surface area contributed by atoms with E-state index >= 15 is 0 Å². The van der Waals surface area contributed by atoms with Crippen molar-refractivity contribution in [2.45, 2.75) is 20.3 Å². The number of hydrogen-bond donors (Lipinski definition) is 1. The highest BCUT2D eigenvalue weighted by molar-refractivity contribution is 6.02. The Morgan fingerprint density at radius 3 is 2.56 bits per heavy atom. The van der Waals surface area contributed by atoms with E-state index in [4.69, 9.17) is 0 Å². The summed E-state index contributed by atoms with van der Waals surface area (Å²) in [5.41, 5.74) is 0.973. The van der Waals surface area contributed by atoms with Crippen molar-refractivity contribution in [1.29, 1.82) is 0 Å². The van der Waals surface area contributed by atoms with Gasteiger partial charge in [0.15, 0.2) is 5.69 Å². The van der Waals surface area contributed by atoms with Crippen molar-refractivity contribution in [3.63, 3.8) is 0 Å². The molecule has 136 valence electrons. The van der Waals surface area contributed by atoms with Crippen LogP contribution in [0, 0.1) is 0 Å². The maximum absolute atomic E-state index is 12.7. The van der Waals surface area contributed by atoms with Crippen molar-refractivity contribution >= 4 is 17.3 Å². The van der Waals surface area contributed by atoms with E-state index in [1.54, 1.807) is 15.5 Å². The summed E-state index contributed by atoms with van der Waals surface area (Å²) in [6.45, 7) is 6.53. The van der Waals surface area contributed by atoms with Crippen LogP contribution >= 0.6 is 0 Å². The molecule has 0 aliphatic carbocycles. The summed E-state index contributed by atoms with van der Waals surface area (Å²) >= 11 is 0. The molecule has 0 atom stereocenters. The number of nitrogens with zero attached hydrogens (tertiary/aromatic N) is 4. The van der Waals surface area contributed by atoms with E-state index < -0.39 is 0 Å². The number of amides is 2. The molecule has 25 heavy (non-hydrogen) atoms. The molecule has 0 bridgehead atoms. The van der Waals surface area contributed by atoms with Gasteiger partial charge in [-0.2, -0.15) is 0 Å². The molecular weight excluding hydrogens is 318 g/mol. The smallest absolute Gasteiger partial charge is 0.287 e. The fourth-order valence-electron chi connectivity index (χ4n) is 2.69. The quantitative estimate of drug-likeness (QED) is 0.736. The fourth-order valence-corrected chi connectivity index (χ4v) is 2.69. The second kappa shape index (κ2) is 8.62. The van der Waals surface area contributed by atoms with Gasteiger partial charge in [-0.05, 0) is 53.0 Å². The molecule has 0 aliphatic rings. The number of nitrogens with one attached hydrogen (secondary N) is 1. The Morgan fingerprint density at radius 2 is 1.92 bits per heavy atom. The Morgan fingerprint density at radius 1 is 1.20 bits per heavy atom. The number of carbonyl (C=O) groups excluding carboxylic acids is 2. The van der Waals surface area contributed by atoms with Crippen LogP contribution in [0.2, 0.25) is 0 Å². The van der Waals surface area contributed by atoms with Crippen molar-refractivity contribution in [3.05, 3.63) is 35.9 Å². The average molecular weight is 345 g/mol. The standard InChI is InChI=1S/C18H27N5O2/c1-5-22(6-2)18(25)15-14-10-7-8-13-23(14)16(20-15)17(24)19-11-9-12-21(3)4/h7-8,10,13H,5-6,9,11-12H2,1-4H3,(H,19,24). The zero-order valence-corrected chi connectivity index (χ0v) is 15.5. The first kappa shape index (κ1) is 18.9. The van der Waals surface area contributed by atoms with Crippen LogP contribution in [0.5, 0.6) is 0 Å². The molecule has 0 spiro atoms. The van der Waals surface area contributed by atoms with E-state index in [-0.39, 0.29) is 17.6 Å². The predicted molar refractivity (Wildman–Crippen MR) is 97.9 cm³/mol. The van der Waals surface area contributed by atoms with Crippen LogP contribution < -0.4 is 5.32 Å². The largest absolute Gasteiger partial charge is 0.349 e. The van der Waals surface area contributed by atoms with Gasteiger partial charge in [0.1, 0.15) is 0 Å². The van der Waals surface area contributed by atoms with Crippen LogP contribution in [0.15, 0.2) is 24.4 Å². The molecule has 7 nitrogen and oxygen atoms in total. The van der Waals surface area contributed by atoms with Crippen LogP contribution in [-0.4, -0.2) is 71.3 Å². The summed E-state index contributed by atoms with van der Waals surface area (Å²) in [7, 11) is 3.99. The van der Waals surface area contributed by atoms with Crippen molar-refractivity contribution in [3.8, 4) is 0 Å². The van der Waals surface area contributed by atoms with Gasteiger partial charge in [-0.3, -0.25) is 14.0 Å². The molecule has 2 heterocycles. The van der Waals surface area contributed by atoms with Gasteiger partial charge in [0.05, 0.1) is 5.52 Å². The lowest BCUT2D eigenvalue weighted by Crippen LogP contribution is -2.31. The third-order valence-electron chi connectivity index (χ3n) is 4.07. The number of aromatic nitrogens is 2. The Bertz CT molecular complexity index is 734. The summed E-state index contributed by atoms with van der Waals surface area (Å²) < 4.78 is 1.68. The zero-order valence-electron chi connectivity index (χ0n) is 15.5. The van der Waals surface area contributed by atoms with Crippen LogP contribution in [0.25, 0.3) is 5.52 Å². The van der Waals surface area contributed by atoms with Gasteiger partial charge in [0, 0.05) is 25.8 Å². The highest BCUT2D eigenvalue weighted by atomic mass is 16.2. The molecule has 0 aromatic carbocycles. The first-order chi connectivity index (χ1) is 12.0. The predicted octanol–water partition coefficient (Wildman–Crippen LogP) is 1.50. The van der Waals surface area contributed by atoms with Gasteiger partial charge >= 0.3 is 0 Å². The molecule has 0 unspecified atom stereocenters. The summed E-state index contributed by atoms with van der Waals surface area (Å²) in [4.78, 5) is 33.4. The number of imidazole rings is 1. The third kappa shape index (κ3) is 4.36.